The Bertz CT molecular complexity index is 1470. The standard InChI is InChI=1S/C26H26N6O3/c1-14(2)32-12-21(22-24(27)28-13-29-25(22)32)23(34)20-11-19(9-8-15(20)3)31-26(35)30-18-7-5-6-17(10-18)16(4)33/h5-14H,1-4H3,(H2,27,28,29)(H2,30,31,35). The number of nitrogen functional groups attached to an aromatic ring is 1. The number of urea groups is 1. The molecule has 4 aromatic rings. The number of fused-ring (bicyclic) bond motifs is 1. The first-order valence-electron chi connectivity index (χ1n) is 11.1. The number of nitrogens with zero attached hydrogens (tertiary/aromatic N) is 3. The van der Waals surface area contributed by atoms with E-state index in [0.717, 1.165) is 5.56 Å². The average Bonchev–Trinajstić information content (AvgIpc) is 3.21. The molecule has 0 aliphatic heterocycles. The van der Waals surface area contributed by atoms with Crippen molar-refractivity contribution < 1.29 is 14.4 Å². The third-order valence-electron chi connectivity index (χ3n) is 5.71. The van der Waals surface area contributed by atoms with Gasteiger partial charge in [-0.15, -0.1) is 0 Å². The lowest BCUT2D eigenvalue weighted by Gasteiger charge is -2.11. The molecule has 0 radical (unpaired) electrons. The fraction of sp³-hybridized carbons (Fsp3) is 0.192. The maximum atomic E-state index is 13.6. The number of Topliss-reactive ketones (excluding diaryl/α,β-unsaturated/α-hetero) is 1. The Balaban J connectivity index is 1.63. The number of nitrogens with two attached hydrogens (primary N) is 1. The molecular formula is C26H26N6O3. The molecule has 0 saturated carbocycles. The van der Waals surface area contributed by atoms with Crippen molar-refractivity contribution >= 4 is 45.8 Å². The average molecular weight is 471 g/mol. The molecule has 0 saturated heterocycles. The molecule has 0 unspecified atom stereocenters. The Hall–Kier alpha value is -4.53. The van der Waals surface area contributed by atoms with E-state index in [0.29, 0.717) is 39.1 Å². The van der Waals surface area contributed by atoms with E-state index in [1.165, 1.54) is 13.3 Å². The highest BCUT2D eigenvalue weighted by atomic mass is 16.2. The Morgan fingerprint density at radius 1 is 0.971 bits per heavy atom. The summed E-state index contributed by atoms with van der Waals surface area (Å²) in [5.41, 5.74) is 9.70. The van der Waals surface area contributed by atoms with Crippen LogP contribution in [0, 0.1) is 6.92 Å². The van der Waals surface area contributed by atoms with Crippen molar-refractivity contribution in [2.75, 3.05) is 16.4 Å². The minimum absolute atomic E-state index is 0.0626. The number of carbonyl (C=O) groups is 3. The number of anilines is 3. The van der Waals surface area contributed by atoms with Crippen molar-refractivity contribution in [2.45, 2.75) is 33.7 Å². The number of nitrogens with one attached hydrogen (secondary N) is 2. The van der Waals surface area contributed by atoms with Crippen molar-refractivity contribution in [3.63, 3.8) is 0 Å². The summed E-state index contributed by atoms with van der Waals surface area (Å²) in [4.78, 5) is 46.2. The van der Waals surface area contributed by atoms with Gasteiger partial charge in [-0.25, -0.2) is 14.8 Å². The zero-order valence-corrected chi connectivity index (χ0v) is 19.9. The molecule has 0 fully saturated rings. The summed E-state index contributed by atoms with van der Waals surface area (Å²) in [5, 5.41) is 5.95. The maximum Gasteiger partial charge on any atom is 0.323 e. The molecule has 0 aliphatic carbocycles. The van der Waals surface area contributed by atoms with Gasteiger partial charge in [-0.3, -0.25) is 9.59 Å². The first-order valence-corrected chi connectivity index (χ1v) is 11.1. The van der Waals surface area contributed by atoms with E-state index in [1.54, 1.807) is 48.7 Å². The van der Waals surface area contributed by atoms with E-state index in [2.05, 4.69) is 20.6 Å². The number of amides is 2. The topological polar surface area (TPSA) is 132 Å². The van der Waals surface area contributed by atoms with Crippen molar-refractivity contribution in [1.82, 2.24) is 14.5 Å². The minimum atomic E-state index is -0.498. The van der Waals surface area contributed by atoms with Crippen LogP contribution in [0.4, 0.5) is 22.0 Å². The molecular weight excluding hydrogens is 444 g/mol. The zero-order chi connectivity index (χ0) is 25.3. The van der Waals surface area contributed by atoms with Gasteiger partial charge in [-0.05, 0) is 57.5 Å². The number of benzene rings is 2. The van der Waals surface area contributed by atoms with E-state index in [9.17, 15) is 14.4 Å². The van der Waals surface area contributed by atoms with Gasteiger partial charge < -0.3 is 20.9 Å². The maximum absolute atomic E-state index is 13.6. The van der Waals surface area contributed by atoms with Crippen LogP contribution in [0.25, 0.3) is 11.0 Å². The Morgan fingerprint density at radius 2 is 1.69 bits per heavy atom. The molecule has 2 heterocycles. The van der Waals surface area contributed by atoms with Crippen LogP contribution in [-0.4, -0.2) is 32.1 Å². The predicted octanol–water partition coefficient (Wildman–Crippen LogP) is 4.98. The lowest BCUT2D eigenvalue weighted by Crippen LogP contribution is -2.20. The summed E-state index contributed by atoms with van der Waals surface area (Å²) in [6.45, 7) is 7.27. The number of carbonyl (C=O) groups excluding carboxylic acids is 3. The van der Waals surface area contributed by atoms with E-state index in [-0.39, 0.29) is 23.4 Å². The lowest BCUT2D eigenvalue weighted by molar-refractivity contribution is 0.101. The second-order valence-corrected chi connectivity index (χ2v) is 8.58. The number of hydrogen-bond donors (Lipinski definition) is 3. The van der Waals surface area contributed by atoms with E-state index in [1.807, 2.05) is 25.3 Å². The van der Waals surface area contributed by atoms with Gasteiger partial charge in [0.15, 0.2) is 11.6 Å². The Kier molecular flexibility index (Phi) is 6.33. The number of aromatic nitrogens is 3. The van der Waals surface area contributed by atoms with E-state index in [4.69, 9.17) is 5.73 Å². The molecule has 0 bridgehead atoms. The monoisotopic (exact) mass is 470 g/mol. The van der Waals surface area contributed by atoms with Crippen LogP contribution in [0.2, 0.25) is 0 Å². The van der Waals surface area contributed by atoms with Crippen LogP contribution in [0.5, 0.6) is 0 Å². The number of ketones is 2. The quantitative estimate of drug-likeness (QED) is 0.341. The van der Waals surface area contributed by atoms with Gasteiger partial charge in [-0.2, -0.15) is 0 Å². The Morgan fingerprint density at radius 3 is 2.37 bits per heavy atom. The molecule has 9 heteroatoms. The molecule has 2 aromatic heterocycles. The van der Waals surface area contributed by atoms with Gasteiger partial charge in [-0.1, -0.05) is 18.2 Å². The molecule has 35 heavy (non-hydrogen) atoms. The van der Waals surface area contributed by atoms with Crippen molar-refractivity contribution in [1.29, 1.82) is 0 Å². The molecule has 0 aliphatic rings. The van der Waals surface area contributed by atoms with Crippen LogP contribution in [0.3, 0.4) is 0 Å². The van der Waals surface area contributed by atoms with E-state index >= 15 is 0 Å². The largest absolute Gasteiger partial charge is 0.383 e. The normalized spacial score (nSPS) is 11.0. The summed E-state index contributed by atoms with van der Waals surface area (Å²) >= 11 is 0. The molecule has 0 spiro atoms. The Labute approximate surface area is 202 Å². The van der Waals surface area contributed by atoms with Gasteiger partial charge in [0.2, 0.25) is 0 Å². The predicted molar refractivity (Wildman–Crippen MR) is 136 cm³/mol. The molecule has 4 N–H and O–H groups in total. The fourth-order valence-electron chi connectivity index (χ4n) is 3.87. The van der Waals surface area contributed by atoms with Gasteiger partial charge in [0.05, 0.1) is 10.9 Å². The third kappa shape index (κ3) is 4.74. The van der Waals surface area contributed by atoms with Crippen LogP contribution >= 0.6 is 0 Å². The molecule has 2 aromatic carbocycles. The third-order valence-corrected chi connectivity index (χ3v) is 5.71. The van der Waals surface area contributed by atoms with Crippen LogP contribution in [-0.2, 0) is 0 Å². The molecule has 9 nitrogen and oxygen atoms in total. The number of hydrogen-bond acceptors (Lipinski definition) is 6. The first kappa shape index (κ1) is 23.6. The fourth-order valence-corrected chi connectivity index (χ4v) is 3.87. The minimum Gasteiger partial charge on any atom is -0.383 e. The second-order valence-electron chi connectivity index (χ2n) is 8.58. The lowest BCUT2D eigenvalue weighted by atomic mass is 9.98. The van der Waals surface area contributed by atoms with Crippen LogP contribution < -0.4 is 16.4 Å². The highest BCUT2D eigenvalue weighted by molar-refractivity contribution is 6.19. The summed E-state index contributed by atoms with van der Waals surface area (Å²) in [5.74, 6) is -0.107. The van der Waals surface area contributed by atoms with Crippen LogP contribution in [0.15, 0.2) is 55.0 Å². The zero-order valence-electron chi connectivity index (χ0n) is 19.9. The molecule has 0 atom stereocenters. The van der Waals surface area contributed by atoms with E-state index < -0.39 is 6.03 Å². The van der Waals surface area contributed by atoms with Crippen LogP contribution in [0.1, 0.15) is 58.7 Å². The summed E-state index contributed by atoms with van der Waals surface area (Å²) in [6, 6.07) is 11.3. The van der Waals surface area contributed by atoms with Gasteiger partial charge in [0.1, 0.15) is 17.8 Å². The summed E-state index contributed by atoms with van der Waals surface area (Å²) in [6.07, 6.45) is 3.13. The number of rotatable bonds is 6. The van der Waals surface area contributed by atoms with Crippen molar-refractivity contribution in [2.24, 2.45) is 0 Å². The smallest absolute Gasteiger partial charge is 0.323 e. The SMILES string of the molecule is CC(=O)c1cccc(NC(=O)Nc2ccc(C)c(C(=O)c3cn(C(C)C)c4ncnc(N)c34)c2)c1. The number of aryl methyl sites for hydroxylation is 1. The highest BCUT2D eigenvalue weighted by Crippen LogP contribution is 2.30. The second kappa shape index (κ2) is 9.38. The first-order chi connectivity index (χ1) is 16.7. The van der Waals surface area contributed by atoms with Crippen molar-refractivity contribution in [3.8, 4) is 0 Å². The molecule has 4 rings (SSSR count). The highest BCUT2D eigenvalue weighted by Gasteiger charge is 2.22. The van der Waals surface area contributed by atoms with Crippen molar-refractivity contribution in [3.05, 3.63) is 77.2 Å². The summed E-state index contributed by atoms with van der Waals surface area (Å²) in [7, 11) is 0. The summed E-state index contributed by atoms with van der Waals surface area (Å²) < 4.78 is 1.89. The molecule has 2 amide bonds. The van der Waals surface area contributed by atoms with Gasteiger partial charge in [0, 0.05) is 34.7 Å². The van der Waals surface area contributed by atoms with Gasteiger partial charge in [0.25, 0.3) is 0 Å². The molecule has 178 valence electrons. The van der Waals surface area contributed by atoms with Gasteiger partial charge >= 0.3 is 6.03 Å².